The molecule has 0 heterocycles. The quantitative estimate of drug-likeness (QED) is 0.618. The number of benzene rings is 1. The van der Waals surface area contributed by atoms with Crippen LogP contribution in [-0.2, 0) is 4.74 Å². The SMILES string of the molecule is C=CC(OC(C1CCCCC1)C(O)C1CCCCC1)C(O)c1ccccc1. The fourth-order valence-electron chi connectivity index (χ4n) is 4.96. The lowest BCUT2D eigenvalue weighted by atomic mass is 9.76. The van der Waals surface area contributed by atoms with Crippen molar-refractivity contribution in [2.24, 2.45) is 11.8 Å². The molecular formula is C24H36O3. The summed E-state index contributed by atoms with van der Waals surface area (Å²) in [6.45, 7) is 3.91. The Balaban J connectivity index is 1.75. The van der Waals surface area contributed by atoms with Crippen LogP contribution >= 0.6 is 0 Å². The lowest BCUT2D eigenvalue weighted by Gasteiger charge is -2.40. The number of rotatable bonds is 8. The molecule has 0 aromatic heterocycles. The molecule has 2 aliphatic carbocycles. The smallest absolute Gasteiger partial charge is 0.109 e. The van der Waals surface area contributed by atoms with Gasteiger partial charge in [-0.15, -0.1) is 6.58 Å². The molecule has 0 bridgehead atoms. The van der Waals surface area contributed by atoms with Gasteiger partial charge in [0.1, 0.15) is 12.2 Å². The molecule has 2 saturated carbocycles. The molecule has 150 valence electrons. The predicted molar refractivity (Wildman–Crippen MR) is 109 cm³/mol. The van der Waals surface area contributed by atoms with E-state index in [1.54, 1.807) is 6.08 Å². The summed E-state index contributed by atoms with van der Waals surface area (Å²) in [5.74, 6) is 0.700. The largest absolute Gasteiger partial charge is 0.390 e. The number of aliphatic hydroxyl groups is 2. The van der Waals surface area contributed by atoms with Gasteiger partial charge >= 0.3 is 0 Å². The Bertz CT molecular complexity index is 546. The summed E-state index contributed by atoms with van der Waals surface area (Å²) < 4.78 is 6.45. The van der Waals surface area contributed by atoms with E-state index in [0.717, 1.165) is 31.2 Å². The predicted octanol–water partition coefficient (Wildman–Crippen LogP) is 5.18. The lowest BCUT2D eigenvalue weighted by Crippen LogP contribution is -2.45. The molecule has 27 heavy (non-hydrogen) atoms. The van der Waals surface area contributed by atoms with Crippen LogP contribution in [-0.4, -0.2) is 28.5 Å². The fourth-order valence-corrected chi connectivity index (χ4v) is 4.96. The Morgan fingerprint density at radius 2 is 1.41 bits per heavy atom. The van der Waals surface area contributed by atoms with Crippen LogP contribution in [0.25, 0.3) is 0 Å². The van der Waals surface area contributed by atoms with Crippen molar-refractivity contribution in [1.29, 1.82) is 0 Å². The molecular weight excluding hydrogens is 336 g/mol. The summed E-state index contributed by atoms with van der Waals surface area (Å²) in [5.41, 5.74) is 0.831. The molecule has 0 saturated heterocycles. The van der Waals surface area contributed by atoms with Crippen molar-refractivity contribution in [3.8, 4) is 0 Å². The summed E-state index contributed by atoms with van der Waals surface area (Å²) in [6.07, 6.45) is 11.6. The molecule has 2 fully saturated rings. The van der Waals surface area contributed by atoms with Gasteiger partial charge in [0.15, 0.2) is 0 Å². The number of aliphatic hydroxyl groups excluding tert-OH is 2. The third-order valence-corrected chi connectivity index (χ3v) is 6.58. The minimum atomic E-state index is -0.756. The van der Waals surface area contributed by atoms with E-state index in [2.05, 4.69) is 6.58 Å². The first-order valence-electron chi connectivity index (χ1n) is 10.9. The maximum Gasteiger partial charge on any atom is 0.109 e. The van der Waals surface area contributed by atoms with Crippen LogP contribution in [0.3, 0.4) is 0 Å². The summed E-state index contributed by atoms with van der Waals surface area (Å²) in [6, 6.07) is 9.62. The van der Waals surface area contributed by atoms with Crippen molar-refractivity contribution in [1.82, 2.24) is 0 Å². The van der Waals surface area contributed by atoms with Crippen LogP contribution in [0, 0.1) is 11.8 Å². The van der Waals surface area contributed by atoms with Gasteiger partial charge < -0.3 is 14.9 Å². The number of hydrogen-bond donors (Lipinski definition) is 2. The van der Waals surface area contributed by atoms with Gasteiger partial charge in [-0.2, -0.15) is 0 Å². The van der Waals surface area contributed by atoms with Gasteiger partial charge in [0.25, 0.3) is 0 Å². The van der Waals surface area contributed by atoms with E-state index >= 15 is 0 Å². The lowest BCUT2D eigenvalue weighted by molar-refractivity contribution is -0.142. The van der Waals surface area contributed by atoms with Crippen molar-refractivity contribution in [3.05, 3.63) is 48.6 Å². The second kappa shape index (κ2) is 10.4. The van der Waals surface area contributed by atoms with Crippen molar-refractivity contribution in [2.45, 2.75) is 88.6 Å². The highest BCUT2D eigenvalue weighted by atomic mass is 16.5. The summed E-state index contributed by atoms with van der Waals surface area (Å²) in [7, 11) is 0. The maximum absolute atomic E-state index is 11.2. The molecule has 0 spiro atoms. The Morgan fingerprint density at radius 1 is 0.852 bits per heavy atom. The molecule has 4 unspecified atom stereocenters. The average molecular weight is 373 g/mol. The second-order valence-corrected chi connectivity index (χ2v) is 8.44. The molecule has 3 heteroatoms. The number of hydrogen-bond acceptors (Lipinski definition) is 3. The van der Waals surface area contributed by atoms with Crippen LogP contribution in [0.4, 0.5) is 0 Å². The van der Waals surface area contributed by atoms with E-state index in [4.69, 9.17) is 4.74 Å². The van der Waals surface area contributed by atoms with Crippen LogP contribution in [0.5, 0.6) is 0 Å². The van der Waals surface area contributed by atoms with E-state index < -0.39 is 18.3 Å². The standard InChI is InChI=1S/C24H36O3/c1-2-21(22(25)18-12-6-3-7-13-18)27-24(20-16-10-5-11-17-20)23(26)19-14-8-4-9-15-19/h2-3,6-7,12-13,19-26H,1,4-5,8-11,14-17H2. The molecule has 0 radical (unpaired) electrons. The van der Waals surface area contributed by atoms with Gasteiger partial charge in [0.05, 0.1) is 12.2 Å². The summed E-state index contributed by atoms with van der Waals surface area (Å²) in [5, 5.41) is 22.1. The van der Waals surface area contributed by atoms with E-state index in [9.17, 15) is 10.2 Å². The van der Waals surface area contributed by atoms with Crippen LogP contribution < -0.4 is 0 Å². The van der Waals surface area contributed by atoms with Crippen molar-refractivity contribution in [2.75, 3.05) is 0 Å². The molecule has 3 nitrogen and oxygen atoms in total. The third kappa shape index (κ3) is 5.43. The molecule has 2 N–H and O–H groups in total. The van der Waals surface area contributed by atoms with E-state index in [1.807, 2.05) is 30.3 Å². The molecule has 2 aliphatic rings. The first-order valence-corrected chi connectivity index (χ1v) is 10.9. The van der Waals surface area contributed by atoms with E-state index in [0.29, 0.717) is 11.8 Å². The highest BCUT2D eigenvalue weighted by molar-refractivity contribution is 5.19. The van der Waals surface area contributed by atoms with Gasteiger partial charge in [-0.1, -0.05) is 74.9 Å². The first kappa shape index (κ1) is 20.6. The minimum absolute atomic E-state index is 0.213. The Kier molecular flexibility index (Phi) is 7.93. The fraction of sp³-hybridized carbons (Fsp3) is 0.667. The summed E-state index contributed by atoms with van der Waals surface area (Å²) in [4.78, 5) is 0. The molecule has 0 aliphatic heterocycles. The maximum atomic E-state index is 11.2. The van der Waals surface area contributed by atoms with Gasteiger partial charge in [-0.3, -0.25) is 0 Å². The first-order chi connectivity index (χ1) is 13.2. The monoisotopic (exact) mass is 372 g/mol. The van der Waals surface area contributed by atoms with Crippen LogP contribution in [0.15, 0.2) is 43.0 Å². The highest BCUT2D eigenvalue weighted by Gasteiger charge is 2.37. The zero-order chi connectivity index (χ0) is 19.1. The van der Waals surface area contributed by atoms with Crippen molar-refractivity contribution < 1.29 is 14.9 Å². The highest BCUT2D eigenvalue weighted by Crippen LogP contribution is 2.37. The Labute approximate surface area is 164 Å². The van der Waals surface area contributed by atoms with Crippen LogP contribution in [0.2, 0.25) is 0 Å². The van der Waals surface area contributed by atoms with Gasteiger partial charge in [-0.05, 0) is 43.1 Å². The summed E-state index contributed by atoms with van der Waals surface area (Å²) >= 11 is 0. The Morgan fingerprint density at radius 3 is 1.96 bits per heavy atom. The van der Waals surface area contributed by atoms with Gasteiger partial charge in [0, 0.05) is 0 Å². The second-order valence-electron chi connectivity index (χ2n) is 8.44. The zero-order valence-corrected chi connectivity index (χ0v) is 16.5. The van der Waals surface area contributed by atoms with Crippen molar-refractivity contribution in [3.63, 3.8) is 0 Å². The van der Waals surface area contributed by atoms with E-state index in [-0.39, 0.29) is 6.10 Å². The zero-order valence-electron chi connectivity index (χ0n) is 16.5. The van der Waals surface area contributed by atoms with E-state index in [1.165, 1.54) is 38.5 Å². The van der Waals surface area contributed by atoms with Crippen molar-refractivity contribution >= 4 is 0 Å². The molecule has 4 atom stereocenters. The molecule has 3 rings (SSSR count). The molecule has 1 aromatic carbocycles. The molecule has 1 aromatic rings. The topological polar surface area (TPSA) is 49.7 Å². The normalized spacial score (nSPS) is 24.1. The van der Waals surface area contributed by atoms with Gasteiger partial charge in [-0.25, -0.2) is 0 Å². The average Bonchev–Trinajstić information content (AvgIpc) is 2.75. The molecule has 0 amide bonds. The third-order valence-electron chi connectivity index (χ3n) is 6.58. The Hall–Kier alpha value is -1.16. The van der Waals surface area contributed by atoms with Gasteiger partial charge in [0.2, 0.25) is 0 Å². The van der Waals surface area contributed by atoms with Crippen LogP contribution in [0.1, 0.15) is 75.9 Å². The number of ether oxygens (including phenoxy) is 1. The minimum Gasteiger partial charge on any atom is -0.390 e.